The van der Waals surface area contributed by atoms with Gasteiger partial charge in [-0.3, -0.25) is 20.4 Å². The van der Waals surface area contributed by atoms with E-state index in [0.29, 0.717) is 21.3 Å². The van der Waals surface area contributed by atoms with Crippen molar-refractivity contribution in [3.8, 4) is 0 Å². The van der Waals surface area contributed by atoms with Gasteiger partial charge < -0.3 is 10.6 Å². The van der Waals surface area contributed by atoms with Gasteiger partial charge >= 0.3 is 0 Å². The summed E-state index contributed by atoms with van der Waals surface area (Å²) in [6, 6.07) is 18.0. The molecule has 6 nitrogen and oxygen atoms in total. The van der Waals surface area contributed by atoms with E-state index in [4.69, 9.17) is 47.0 Å². The third-order valence-electron chi connectivity index (χ3n) is 3.98. The van der Waals surface area contributed by atoms with E-state index in [0.717, 1.165) is 0 Å². The van der Waals surface area contributed by atoms with E-state index in [1.165, 1.54) is 24.3 Å². The Morgan fingerprint density at radius 1 is 0.677 bits per heavy atom. The summed E-state index contributed by atoms with van der Waals surface area (Å²) in [7, 11) is 0. The van der Waals surface area contributed by atoms with E-state index in [-0.39, 0.29) is 21.4 Å². The molecule has 0 unspecified atom stereocenters. The minimum Gasteiger partial charge on any atom is -0.330 e. The van der Waals surface area contributed by atoms with Gasteiger partial charge in [0.2, 0.25) is 0 Å². The number of thiocarbonyl (C=S) groups is 1. The number of nitrogens with one attached hydrogen (secondary N) is 4. The highest BCUT2D eigenvalue weighted by atomic mass is 35.5. The summed E-state index contributed by atoms with van der Waals surface area (Å²) in [4.78, 5) is 24.9. The fourth-order valence-corrected chi connectivity index (χ4v) is 3.19. The van der Waals surface area contributed by atoms with Gasteiger partial charge in [-0.25, -0.2) is 0 Å². The van der Waals surface area contributed by atoms with Crippen LogP contribution >= 0.6 is 47.0 Å². The van der Waals surface area contributed by atoms with E-state index in [1.807, 2.05) is 0 Å². The minimum atomic E-state index is -0.488. The zero-order valence-corrected chi connectivity index (χ0v) is 18.8. The van der Waals surface area contributed by atoms with Crippen LogP contribution in [0.1, 0.15) is 20.7 Å². The molecule has 158 valence electrons. The third kappa shape index (κ3) is 6.32. The normalized spacial score (nSPS) is 10.2. The molecule has 0 fully saturated rings. The molecule has 0 saturated carbocycles. The average Bonchev–Trinajstić information content (AvgIpc) is 2.75. The van der Waals surface area contributed by atoms with Crippen LogP contribution in [0.2, 0.25) is 15.1 Å². The number of para-hydroxylation sites is 1. The van der Waals surface area contributed by atoms with Crippen molar-refractivity contribution in [2.75, 3.05) is 10.6 Å². The SMILES string of the molecule is O=C(NNC(=S)Nc1ccccc1Cl)c1ccc(Cl)c(NC(=O)c2cccc(Cl)c2)c1. The lowest BCUT2D eigenvalue weighted by Gasteiger charge is -2.13. The third-order valence-corrected chi connectivity index (χ3v) is 5.07. The summed E-state index contributed by atoms with van der Waals surface area (Å²) in [5.74, 6) is -0.900. The predicted octanol–water partition coefficient (Wildman–Crippen LogP) is 5.53. The molecule has 2 amide bonds. The lowest BCUT2D eigenvalue weighted by Crippen LogP contribution is -2.43. The molecule has 0 radical (unpaired) electrons. The quantitative estimate of drug-likeness (QED) is 0.284. The van der Waals surface area contributed by atoms with Crippen LogP contribution < -0.4 is 21.5 Å². The first-order chi connectivity index (χ1) is 14.8. The summed E-state index contributed by atoms with van der Waals surface area (Å²) in [5.41, 5.74) is 6.53. The Morgan fingerprint density at radius 3 is 2.13 bits per heavy atom. The van der Waals surface area contributed by atoms with Crippen LogP contribution in [0.4, 0.5) is 11.4 Å². The van der Waals surface area contributed by atoms with Crippen molar-refractivity contribution in [1.29, 1.82) is 0 Å². The van der Waals surface area contributed by atoms with Crippen LogP contribution in [0, 0.1) is 0 Å². The molecule has 0 saturated heterocycles. The maximum absolute atomic E-state index is 12.5. The number of rotatable bonds is 4. The fraction of sp³-hybridized carbons (Fsp3) is 0. The highest BCUT2D eigenvalue weighted by Crippen LogP contribution is 2.24. The Balaban J connectivity index is 1.63. The molecule has 0 spiro atoms. The number of carbonyl (C=O) groups is 2. The lowest BCUT2D eigenvalue weighted by molar-refractivity contribution is 0.0943. The maximum Gasteiger partial charge on any atom is 0.269 e. The van der Waals surface area contributed by atoms with Crippen LogP contribution in [0.5, 0.6) is 0 Å². The first-order valence-electron chi connectivity index (χ1n) is 8.82. The van der Waals surface area contributed by atoms with E-state index >= 15 is 0 Å². The first kappa shape index (κ1) is 22.8. The molecule has 4 N–H and O–H groups in total. The molecule has 0 heterocycles. The molecule has 0 aromatic heterocycles. The second kappa shape index (κ2) is 10.5. The Kier molecular flexibility index (Phi) is 7.70. The molecule has 0 aliphatic carbocycles. The fourth-order valence-electron chi connectivity index (χ4n) is 2.49. The summed E-state index contributed by atoms with van der Waals surface area (Å²) < 4.78 is 0. The van der Waals surface area contributed by atoms with Crippen LogP contribution in [-0.2, 0) is 0 Å². The highest BCUT2D eigenvalue weighted by molar-refractivity contribution is 7.80. The zero-order valence-electron chi connectivity index (χ0n) is 15.7. The molecule has 3 aromatic rings. The van der Waals surface area contributed by atoms with E-state index < -0.39 is 11.8 Å². The number of anilines is 2. The number of carbonyl (C=O) groups excluding carboxylic acids is 2. The van der Waals surface area contributed by atoms with Crippen molar-refractivity contribution in [3.63, 3.8) is 0 Å². The number of hydrogen-bond acceptors (Lipinski definition) is 3. The molecule has 0 bridgehead atoms. The first-order valence-corrected chi connectivity index (χ1v) is 10.4. The van der Waals surface area contributed by atoms with Crippen molar-refractivity contribution >= 4 is 75.3 Å². The molecule has 0 aliphatic rings. The standard InChI is InChI=1S/C21H15Cl3N4O2S/c22-14-5-3-4-12(10-14)19(29)25-18-11-13(8-9-16(18)24)20(30)27-28-21(31)26-17-7-2-1-6-15(17)23/h1-11H,(H,25,29)(H,27,30)(H2,26,28,31). The summed E-state index contributed by atoms with van der Waals surface area (Å²) in [6.07, 6.45) is 0. The van der Waals surface area contributed by atoms with Gasteiger partial charge in [-0.1, -0.05) is 53.0 Å². The second-order valence-electron chi connectivity index (χ2n) is 6.17. The molecular formula is C21H15Cl3N4O2S. The van der Waals surface area contributed by atoms with Crippen molar-refractivity contribution in [1.82, 2.24) is 10.9 Å². The Bertz CT molecular complexity index is 1160. The van der Waals surface area contributed by atoms with Gasteiger partial charge in [-0.05, 0) is 60.7 Å². The molecule has 0 atom stereocenters. The second-order valence-corrected chi connectivity index (χ2v) is 7.83. The van der Waals surface area contributed by atoms with Crippen LogP contribution in [0.25, 0.3) is 0 Å². The molecule has 10 heteroatoms. The molecule has 0 aliphatic heterocycles. The number of amides is 2. The smallest absolute Gasteiger partial charge is 0.269 e. The summed E-state index contributed by atoms with van der Waals surface area (Å²) in [5, 5.41) is 6.87. The number of hydrogen-bond donors (Lipinski definition) is 4. The maximum atomic E-state index is 12.5. The van der Waals surface area contributed by atoms with Crippen LogP contribution in [0.3, 0.4) is 0 Å². The van der Waals surface area contributed by atoms with Gasteiger partial charge in [0.05, 0.1) is 21.4 Å². The molecular weight excluding hydrogens is 479 g/mol. The number of benzene rings is 3. The van der Waals surface area contributed by atoms with E-state index in [2.05, 4.69) is 21.5 Å². The lowest BCUT2D eigenvalue weighted by atomic mass is 10.1. The molecule has 3 aromatic carbocycles. The van der Waals surface area contributed by atoms with Gasteiger partial charge in [0.1, 0.15) is 0 Å². The average molecular weight is 494 g/mol. The van der Waals surface area contributed by atoms with Gasteiger partial charge in [0, 0.05) is 16.1 Å². The van der Waals surface area contributed by atoms with E-state index in [9.17, 15) is 9.59 Å². The van der Waals surface area contributed by atoms with Crippen molar-refractivity contribution in [3.05, 3.63) is 92.9 Å². The summed E-state index contributed by atoms with van der Waals surface area (Å²) in [6.45, 7) is 0. The van der Waals surface area contributed by atoms with E-state index in [1.54, 1.807) is 42.5 Å². The summed E-state index contributed by atoms with van der Waals surface area (Å²) >= 11 is 23.3. The van der Waals surface area contributed by atoms with Crippen molar-refractivity contribution < 1.29 is 9.59 Å². The van der Waals surface area contributed by atoms with Gasteiger partial charge in [0.15, 0.2) is 5.11 Å². The Labute approximate surface area is 198 Å². The topological polar surface area (TPSA) is 82.3 Å². The largest absolute Gasteiger partial charge is 0.330 e. The van der Waals surface area contributed by atoms with Crippen molar-refractivity contribution in [2.45, 2.75) is 0 Å². The number of hydrazine groups is 1. The van der Waals surface area contributed by atoms with Crippen LogP contribution in [0.15, 0.2) is 66.7 Å². The Hall–Kier alpha value is -2.84. The number of halogens is 3. The van der Waals surface area contributed by atoms with Gasteiger partial charge in [-0.2, -0.15) is 0 Å². The Morgan fingerprint density at radius 2 is 1.39 bits per heavy atom. The van der Waals surface area contributed by atoms with Gasteiger partial charge in [0.25, 0.3) is 11.8 Å². The highest BCUT2D eigenvalue weighted by Gasteiger charge is 2.13. The molecule has 31 heavy (non-hydrogen) atoms. The van der Waals surface area contributed by atoms with Crippen LogP contribution in [-0.4, -0.2) is 16.9 Å². The van der Waals surface area contributed by atoms with Crippen molar-refractivity contribution in [2.24, 2.45) is 0 Å². The predicted molar refractivity (Wildman–Crippen MR) is 129 cm³/mol. The minimum absolute atomic E-state index is 0.143. The zero-order chi connectivity index (χ0) is 22.4. The van der Waals surface area contributed by atoms with Gasteiger partial charge in [-0.15, -0.1) is 0 Å². The molecule has 3 rings (SSSR count). The monoisotopic (exact) mass is 492 g/mol.